The molecule has 0 aromatic rings. The van der Waals surface area contributed by atoms with Crippen LogP contribution in [0.1, 0.15) is 12.8 Å². The van der Waals surface area contributed by atoms with Crippen LogP contribution >= 0.6 is 0 Å². The van der Waals surface area contributed by atoms with Gasteiger partial charge in [-0.1, -0.05) is 0 Å². The maximum absolute atomic E-state index is 11.2. The molecule has 14 heavy (non-hydrogen) atoms. The zero-order valence-corrected chi connectivity index (χ0v) is 7.32. The van der Waals surface area contributed by atoms with Gasteiger partial charge in [-0.2, -0.15) is 0 Å². The number of ether oxygens (including phenoxy) is 2. The zero-order valence-electron chi connectivity index (χ0n) is 7.32. The van der Waals surface area contributed by atoms with Gasteiger partial charge in [0.25, 0.3) is 5.91 Å². The monoisotopic (exact) mass is 199 g/mol. The minimum atomic E-state index is -0.973. The van der Waals surface area contributed by atoms with E-state index in [1.807, 2.05) is 0 Å². The van der Waals surface area contributed by atoms with Crippen LogP contribution in [-0.4, -0.2) is 36.6 Å². The summed E-state index contributed by atoms with van der Waals surface area (Å²) in [5, 5.41) is 2.05. The van der Waals surface area contributed by atoms with E-state index >= 15 is 0 Å². The van der Waals surface area contributed by atoms with E-state index < -0.39 is 30.0 Å². The number of hydrogen-bond donors (Lipinski definition) is 1. The van der Waals surface area contributed by atoms with Crippen LogP contribution in [0.4, 0.5) is 0 Å². The molecule has 2 aliphatic heterocycles. The molecule has 6 nitrogen and oxygen atoms in total. The normalized spacial score (nSPS) is 30.9. The highest BCUT2D eigenvalue weighted by Crippen LogP contribution is 2.15. The summed E-state index contributed by atoms with van der Waals surface area (Å²) >= 11 is 0. The minimum Gasteiger partial charge on any atom is -0.450 e. The molecule has 0 aromatic carbocycles. The molecule has 0 spiro atoms. The molecule has 2 unspecified atom stereocenters. The van der Waals surface area contributed by atoms with Gasteiger partial charge in [0.2, 0.25) is 5.91 Å². The Kier molecular flexibility index (Phi) is 2.20. The van der Waals surface area contributed by atoms with Gasteiger partial charge in [0.15, 0.2) is 12.2 Å². The highest BCUT2D eigenvalue weighted by atomic mass is 16.6. The second-order valence-electron chi connectivity index (χ2n) is 3.19. The first-order valence-corrected chi connectivity index (χ1v) is 4.32. The van der Waals surface area contributed by atoms with Crippen molar-refractivity contribution in [3.05, 3.63) is 0 Å². The van der Waals surface area contributed by atoms with Gasteiger partial charge >= 0.3 is 5.97 Å². The molecule has 2 aliphatic rings. The van der Waals surface area contributed by atoms with Gasteiger partial charge in [-0.25, -0.2) is 4.79 Å². The van der Waals surface area contributed by atoms with E-state index in [-0.39, 0.29) is 6.42 Å². The molecule has 2 amide bonds. The lowest BCUT2D eigenvalue weighted by Crippen LogP contribution is -2.39. The SMILES string of the molecule is O=C1CC(OC(=O)C2CCO2)C(=O)N1. The molecular weight excluding hydrogens is 190 g/mol. The Hall–Kier alpha value is -1.43. The second kappa shape index (κ2) is 3.38. The summed E-state index contributed by atoms with van der Waals surface area (Å²) in [6, 6.07) is 0. The fourth-order valence-electron chi connectivity index (χ4n) is 1.26. The van der Waals surface area contributed by atoms with E-state index in [2.05, 4.69) is 5.32 Å². The van der Waals surface area contributed by atoms with Gasteiger partial charge in [-0.15, -0.1) is 0 Å². The highest BCUT2D eigenvalue weighted by molar-refractivity contribution is 6.05. The lowest BCUT2D eigenvalue weighted by Gasteiger charge is -2.24. The maximum atomic E-state index is 11.2. The molecule has 0 bridgehead atoms. The van der Waals surface area contributed by atoms with Gasteiger partial charge < -0.3 is 9.47 Å². The lowest BCUT2D eigenvalue weighted by molar-refractivity contribution is -0.176. The van der Waals surface area contributed by atoms with Gasteiger partial charge in [-0.05, 0) is 0 Å². The quantitative estimate of drug-likeness (QED) is 0.443. The molecule has 2 heterocycles. The maximum Gasteiger partial charge on any atom is 0.336 e. The molecule has 6 heteroatoms. The van der Waals surface area contributed by atoms with E-state index in [0.717, 1.165) is 0 Å². The lowest BCUT2D eigenvalue weighted by atomic mass is 10.2. The summed E-state index contributed by atoms with van der Waals surface area (Å²) in [5.74, 6) is -1.53. The predicted octanol–water partition coefficient (Wildman–Crippen LogP) is -1.27. The molecular formula is C8H9NO5. The summed E-state index contributed by atoms with van der Waals surface area (Å²) in [4.78, 5) is 32.9. The second-order valence-corrected chi connectivity index (χ2v) is 3.19. The summed E-state index contributed by atoms with van der Waals surface area (Å²) in [7, 11) is 0. The third-order valence-corrected chi connectivity index (χ3v) is 2.15. The number of amides is 2. The Bertz CT molecular complexity index is 296. The van der Waals surface area contributed by atoms with E-state index in [4.69, 9.17) is 9.47 Å². The number of rotatable bonds is 2. The van der Waals surface area contributed by atoms with Crippen LogP contribution in [0.5, 0.6) is 0 Å². The van der Waals surface area contributed by atoms with Crippen molar-refractivity contribution in [3.63, 3.8) is 0 Å². The Morgan fingerprint density at radius 1 is 1.50 bits per heavy atom. The predicted molar refractivity (Wildman–Crippen MR) is 42.0 cm³/mol. The van der Waals surface area contributed by atoms with Gasteiger partial charge in [0.1, 0.15) is 0 Å². The van der Waals surface area contributed by atoms with E-state index in [9.17, 15) is 14.4 Å². The third kappa shape index (κ3) is 1.60. The molecule has 76 valence electrons. The standard InChI is InChI=1S/C8H9NO5/c10-6-3-5(7(11)9-6)14-8(12)4-1-2-13-4/h4-5H,1-3H2,(H,9,10,11). The van der Waals surface area contributed by atoms with E-state index in [1.165, 1.54) is 0 Å². The molecule has 2 atom stereocenters. The van der Waals surface area contributed by atoms with Crippen LogP contribution in [0.3, 0.4) is 0 Å². The Morgan fingerprint density at radius 3 is 2.64 bits per heavy atom. The molecule has 1 N–H and O–H groups in total. The topological polar surface area (TPSA) is 81.7 Å². The van der Waals surface area contributed by atoms with Crippen molar-refractivity contribution in [2.75, 3.05) is 6.61 Å². The Balaban J connectivity index is 1.87. The number of carbonyl (C=O) groups is 3. The third-order valence-electron chi connectivity index (χ3n) is 2.15. The van der Waals surface area contributed by atoms with Crippen molar-refractivity contribution >= 4 is 17.8 Å². The van der Waals surface area contributed by atoms with Crippen molar-refractivity contribution in [3.8, 4) is 0 Å². The summed E-state index contributed by atoms with van der Waals surface area (Å²) < 4.78 is 9.67. The molecule has 0 radical (unpaired) electrons. The number of imide groups is 1. The fraction of sp³-hybridized carbons (Fsp3) is 0.625. The number of carbonyl (C=O) groups excluding carboxylic acids is 3. The molecule has 2 saturated heterocycles. The van der Waals surface area contributed by atoms with Gasteiger partial charge in [0, 0.05) is 6.42 Å². The summed E-state index contributed by atoms with van der Waals surface area (Å²) in [5.41, 5.74) is 0. The van der Waals surface area contributed by atoms with Crippen molar-refractivity contribution in [2.24, 2.45) is 0 Å². The summed E-state index contributed by atoms with van der Waals surface area (Å²) in [6.45, 7) is 0.537. The molecule has 2 fully saturated rings. The number of esters is 1. The average Bonchev–Trinajstić information content (AvgIpc) is 2.26. The smallest absolute Gasteiger partial charge is 0.336 e. The molecule has 0 saturated carbocycles. The van der Waals surface area contributed by atoms with Crippen LogP contribution in [0, 0.1) is 0 Å². The Morgan fingerprint density at radius 2 is 2.21 bits per heavy atom. The first-order valence-electron chi connectivity index (χ1n) is 4.32. The van der Waals surface area contributed by atoms with Crippen molar-refractivity contribution < 1.29 is 23.9 Å². The number of hydrogen-bond acceptors (Lipinski definition) is 5. The van der Waals surface area contributed by atoms with Gasteiger partial charge in [0.05, 0.1) is 13.0 Å². The first kappa shape index (κ1) is 9.14. The van der Waals surface area contributed by atoms with Crippen LogP contribution < -0.4 is 5.32 Å². The van der Waals surface area contributed by atoms with Crippen molar-refractivity contribution in [1.29, 1.82) is 0 Å². The molecule has 2 rings (SSSR count). The summed E-state index contributed by atoms with van der Waals surface area (Å²) in [6.07, 6.45) is -1.00. The molecule has 0 aliphatic carbocycles. The zero-order chi connectivity index (χ0) is 10.1. The van der Waals surface area contributed by atoms with Crippen LogP contribution in [0.2, 0.25) is 0 Å². The minimum absolute atomic E-state index is 0.0860. The number of nitrogens with one attached hydrogen (secondary N) is 1. The van der Waals surface area contributed by atoms with Crippen molar-refractivity contribution in [2.45, 2.75) is 25.0 Å². The fourth-order valence-corrected chi connectivity index (χ4v) is 1.26. The first-order chi connectivity index (χ1) is 6.66. The van der Waals surface area contributed by atoms with Crippen LogP contribution in [-0.2, 0) is 23.9 Å². The van der Waals surface area contributed by atoms with Gasteiger partial charge in [-0.3, -0.25) is 14.9 Å². The highest BCUT2D eigenvalue weighted by Gasteiger charge is 2.37. The van der Waals surface area contributed by atoms with E-state index in [0.29, 0.717) is 13.0 Å². The van der Waals surface area contributed by atoms with Crippen LogP contribution in [0.25, 0.3) is 0 Å². The average molecular weight is 199 g/mol. The van der Waals surface area contributed by atoms with Crippen LogP contribution in [0.15, 0.2) is 0 Å². The largest absolute Gasteiger partial charge is 0.450 e. The van der Waals surface area contributed by atoms with Crippen molar-refractivity contribution in [1.82, 2.24) is 5.32 Å². The molecule has 0 aromatic heterocycles. The van der Waals surface area contributed by atoms with E-state index in [1.54, 1.807) is 0 Å². The Labute approximate surface area is 79.5 Å².